The molecule has 0 aromatic carbocycles. The van der Waals surface area contributed by atoms with Gasteiger partial charge in [0, 0.05) is 18.2 Å². The van der Waals surface area contributed by atoms with Gasteiger partial charge in [0.15, 0.2) is 0 Å². The van der Waals surface area contributed by atoms with Crippen molar-refractivity contribution in [1.29, 1.82) is 0 Å². The molecule has 0 saturated carbocycles. The Morgan fingerprint density at radius 2 is 2.05 bits per heavy atom. The largest absolute Gasteiger partial charge is 0.490 e. The molecule has 0 bridgehead atoms. The van der Waals surface area contributed by atoms with Crippen molar-refractivity contribution in [2.75, 3.05) is 13.1 Å². The van der Waals surface area contributed by atoms with Crippen LogP contribution < -0.4 is 11.1 Å². The number of aromatic nitrogens is 2. The first-order chi connectivity index (χ1) is 9.76. The Balaban J connectivity index is 0.000000199. The highest BCUT2D eigenvalue weighted by atomic mass is 19.4. The van der Waals surface area contributed by atoms with E-state index >= 15 is 0 Å². The lowest BCUT2D eigenvalue weighted by molar-refractivity contribution is -0.192. The third-order valence-corrected chi connectivity index (χ3v) is 4.03. The first-order valence-electron chi connectivity index (χ1n) is 6.54. The van der Waals surface area contributed by atoms with Crippen LogP contribution in [0.15, 0.2) is 12.3 Å². The molecule has 21 heavy (non-hydrogen) atoms. The fraction of sp³-hybridized carbons (Fsp3) is 0.667. The minimum absolute atomic E-state index is 0.187. The Labute approximate surface area is 119 Å². The van der Waals surface area contributed by atoms with Crippen molar-refractivity contribution < 1.29 is 23.1 Å². The highest BCUT2D eigenvalue weighted by Gasteiger charge is 2.45. The topological polar surface area (TPSA) is 93.2 Å². The van der Waals surface area contributed by atoms with E-state index in [1.165, 1.54) is 18.5 Å². The lowest BCUT2D eigenvalue weighted by Gasteiger charge is -2.36. The van der Waals surface area contributed by atoms with Crippen LogP contribution in [0.4, 0.5) is 13.2 Å². The van der Waals surface area contributed by atoms with Crippen LogP contribution >= 0.6 is 0 Å². The van der Waals surface area contributed by atoms with Gasteiger partial charge in [0.05, 0.1) is 11.7 Å². The van der Waals surface area contributed by atoms with Crippen LogP contribution in [0.5, 0.6) is 0 Å². The molecule has 2 aliphatic heterocycles. The second kappa shape index (κ2) is 5.64. The standard InChI is InChI=1S/C10H16N4.C2HF3O2/c11-9-8-1-4-13-14(8)7-10(9)2-5-12-6-3-10;3-2(4,5)1(6)7/h1,4,9,12H,2-3,5-7,11H2;(H,6,7). The van der Waals surface area contributed by atoms with Crippen molar-refractivity contribution in [1.82, 2.24) is 15.1 Å². The summed E-state index contributed by atoms with van der Waals surface area (Å²) in [5, 5.41) is 14.8. The van der Waals surface area contributed by atoms with E-state index in [1.807, 2.05) is 6.20 Å². The molecule has 1 aromatic heterocycles. The van der Waals surface area contributed by atoms with Gasteiger partial charge in [0.1, 0.15) is 0 Å². The van der Waals surface area contributed by atoms with Gasteiger partial charge in [-0.25, -0.2) is 4.79 Å². The predicted molar refractivity (Wildman–Crippen MR) is 67.4 cm³/mol. The number of alkyl halides is 3. The molecular weight excluding hydrogens is 289 g/mol. The van der Waals surface area contributed by atoms with E-state index in [9.17, 15) is 13.2 Å². The maximum absolute atomic E-state index is 10.6. The van der Waals surface area contributed by atoms with Gasteiger partial charge in [0.2, 0.25) is 0 Å². The zero-order valence-corrected chi connectivity index (χ0v) is 11.2. The Kier molecular flexibility index (Phi) is 4.24. The molecule has 0 amide bonds. The van der Waals surface area contributed by atoms with Crippen LogP contribution in [0.1, 0.15) is 24.6 Å². The summed E-state index contributed by atoms with van der Waals surface area (Å²) in [6.07, 6.45) is -0.877. The molecule has 9 heteroatoms. The smallest absolute Gasteiger partial charge is 0.475 e. The van der Waals surface area contributed by atoms with Crippen molar-refractivity contribution in [3.63, 3.8) is 0 Å². The molecule has 1 atom stereocenters. The fourth-order valence-corrected chi connectivity index (χ4v) is 2.84. The molecule has 2 aliphatic rings. The molecule has 1 saturated heterocycles. The first-order valence-corrected chi connectivity index (χ1v) is 6.54. The Hall–Kier alpha value is -1.61. The van der Waals surface area contributed by atoms with Crippen LogP contribution in [0.2, 0.25) is 0 Å². The number of nitrogens with zero attached hydrogens (tertiary/aromatic N) is 2. The summed E-state index contributed by atoms with van der Waals surface area (Å²) < 4.78 is 33.8. The van der Waals surface area contributed by atoms with Crippen molar-refractivity contribution in [3.8, 4) is 0 Å². The number of aliphatic carboxylic acids is 1. The molecule has 3 heterocycles. The predicted octanol–water partition coefficient (Wildman–Crippen LogP) is 0.900. The SMILES string of the molecule is NC1c2ccnn2CC12CCNCC2.O=C(O)C(F)(F)F. The number of carboxylic acid groups (broad SMARTS) is 1. The molecule has 118 valence electrons. The number of halogens is 3. The average Bonchev–Trinajstić information content (AvgIpc) is 2.94. The van der Waals surface area contributed by atoms with Gasteiger partial charge >= 0.3 is 12.1 Å². The molecular formula is C12H17F3N4O2. The highest BCUT2D eigenvalue weighted by molar-refractivity contribution is 5.73. The maximum Gasteiger partial charge on any atom is 0.490 e. The Morgan fingerprint density at radius 1 is 1.48 bits per heavy atom. The molecule has 0 aliphatic carbocycles. The minimum atomic E-state index is -5.08. The summed E-state index contributed by atoms with van der Waals surface area (Å²) in [6.45, 7) is 3.20. The molecule has 0 radical (unpaired) electrons. The van der Waals surface area contributed by atoms with Crippen molar-refractivity contribution in [3.05, 3.63) is 18.0 Å². The van der Waals surface area contributed by atoms with Crippen LogP contribution in [0, 0.1) is 5.41 Å². The molecule has 6 nitrogen and oxygen atoms in total. The number of nitrogens with two attached hydrogens (primary N) is 1. The zero-order valence-electron chi connectivity index (χ0n) is 11.2. The van der Waals surface area contributed by atoms with Crippen molar-refractivity contribution >= 4 is 5.97 Å². The van der Waals surface area contributed by atoms with E-state index in [-0.39, 0.29) is 11.5 Å². The molecule has 4 N–H and O–H groups in total. The van der Waals surface area contributed by atoms with E-state index in [0.717, 1.165) is 19.6 Å². The summed E-state index contributed by atoms with van der Waals surface area (Å²) in [6, 6.07) is 2.24. The van der Waals surface area contributed by atoms with Crippen LogP contribution in [0.25, 0.3) is 0 Å². The third kappa shape index (κ3) is 3.18. The lowest BCUT2D eigenvalue weighted by Crippen LogP contribution is -2.42. The van der Waals surface area contributed by atoms with Gasteiger partial charge < -0.3 is 16.2 Å². The molecule has 1 spiro atoms. The van der Waals surface area contributed by atoms with Gasteiger partial charge in [-0.15, -0.1) is 0 Å². The highest BCUT2D eigenvalue weighted by Crippen LogP contribution is 2.46. The average molecular weight is 306 g/mol. The van der Waals surface area contributed by atoms with E-state index in [1.54, 1.807) is 0 Å². The Bertz CT molecular complexity index is 509. The quantitative estimate of drug-likeness (QED) is 0.662. The van der Waals surface area contributed by atoms with E-state index in [4.69, 9.17) is 15.6 Å². The van der Waals surface area contributed by atoms with Gasteiger partial charge in [-0.05, 0) is 32.0 Å². The summed E-state index contributed by atoms with van der Waals surface area (Å²) in [5.41, 5.74) is 7.81. The maximum atomic E-state index is 10.6. The number of carbonyl (C=O) groups is 1. The number of fused-ring (bicyclic) bond motifs is 1. The number of nitrogens with one attached hydrogen (secondary N) is 1. The molecule has 1 unspecified atom stereocenters. The van der Waals surface area contributed by atoms with E-state index in [2.05, 4.69) is 21.2 Å². The number of piperidine rings is 1. The van der Waals surface area contributed by atoms with Gasteiger partial charge in [0.25, 0.3) is 0 Å². The number of hydrogen-bond donors (Lipinski definition) is 3. The number of rotatable bonds is 0. The van der Waals surface area contributed by atoms with E-state index < -0.39 is 12.1 Å². The van der Waals surface area contributed by atoms with Crippen LogP contribution in [-0.4, -0.2) is 40.1 Å². The summed E-state index contributed by atoms with van der Waals surface area (Å²) in [7, 11) is 0. The Morgan fingerprint density at radius 3 is 2.52 bits per heavy atom. The first kappa shape index (κ1) is 15.8. The number of hydrogen-bond acceptors (Lipinski definition) is 4. The monoisotopic (exact) mass is 306 g/mol. The van der Waals surface area contributed by atoms with Gasteiger partial charge in [-0.3, -0.25) is 4.68 Å². The van der Waals surface area contributed by atoms with Crippen LogP contribution in [0.3, 0.4) is 0 Å². The fourth-order valence-electron chi connectivity index (χ4n) is 2.84. The normalized spacial score (nSPS) is 23.3. The molecule has 1 fully saturated rings. The second-order valence-corrected chi connectivity index (χ2v) is 5.31. The van der Waals surface area contributed by atoms with Gasteiger partial charge in [-0.1, -0.05) is 0 Å². The lowest BCUT2D eigenvalue weighted by atomic mass is 9.74. The van der Waals surface area contributed by atoms with Crippen molar-refractivity contribution in [2.24, 2.45) is 11.1 Å². The van der Waals surface area contributed by atoms with E-state index in [0.29, 0.717) is 0 Å². The third-order valence-electron chi connectivity index (χ3n) is 4.03. The second-order valence-electron chi connectivity index (χ2n) is 5.31. The van der Waals surface area contributed by atoms with Crippen molar-refractivity contribution in [2.45, 2.75) is 31.6 Å². The number of carboxylic acids is 1. The summed E-state index contributed by atoms with van der Waals surface area (Å²) in [4.78, 5) is 8.90. The van der Waals surface area contributed by atoms with Crippen LogP contribution in [-0.2, 0) is 11.3 Å². The molecule has 1 aromatic rings. The summed E-state index contributed by atoms with van der Waals surface area (Å²) >= 11 is 0. The van der Waals surface area contributed by atoms with Gasteiger partial charge in [-0.2, -0.15) is 18.3 Å². The minimum Gasteiger partial charge on any atom is -0.475 e. The zero-order chi connectivity index (χ0) is 15.7. The molecule has 3 rings (SSSR count). The summed E-state index contributed by atoms with van der Waals surface area (Å²) in [5.74, 6) is -2.76.